The Morgan fingerprint density at radius 1 is 1.28 bits per heavy atom. The normalized spacial score (nSPS) is 15.3. The molecule has 0 radical (unpaired) electrons. The molecule has 5 heteroatoms. The van der Waals surface area contributed by atoms with Gasteiger partial charge < -0.3 is 0 Å². The standard InChI is InChI=1S/C13H20BrNO2S/c1-3-13(9-14)15-18(16,17)10-11(2)12-7-5-4-6-8-12/h4-8,11,13,15H,3,9-10H2,1-2H3. The molecule has 0 aliphatic rings. The smallest absolute Gasteiger partial charge is 0.212 e. The van der Waals surface area contributed by atoms with E-state index >= 15 is 0 Å². The van der Waals surface area contributed by atoms with Gasteiger partial charge in [0.1, 0.15) is 0 Å². The zero-order valence-electron chi connectivity index (χ0n) is 10.8. The number of sulfonamides is 1. The zero-order valence-corrected chi connectivity index (χ0v) is 13.2. The second kappa shape index (κ2) is 7.26. The monoisotopic (exact) mass is 333 g/mol. The van der Waals surface area contributed by atoms with Crippen molar-refractivity contribution in [1.82, 2.24) is 4.72 Å². The number of hydrogen-bond donors (Lipinski definition) is 1. The Kier molecular flexibility index (Phi) is 6.32. The maximum absolute atomic E-state index is 12.0. The highest BCUT2D eigenvalue weighted by Crippen LogP contribution is 2.16. The molecule has 1 aromatic carbocycles. The number of benzene rings is 1. The maximum Gasteiger partial charge on any atom is 0.212 e. The summed E-state index contributed by atoms with van der Waals surface area (Å²) in [7, 11) is -3.23. The Morgan fingerprint density at radius 3 is 2.39 bits per heavy atom. The summed E-state index contributed by atoms with van der Waals surface area (Å²) in [5.74, 6) is 0.122. The molecular weight excluding hydrogens is 314 g/mol. The van der Waals surface area contributed by atoms with E-state index in [2.05, 4.69) is 20.7 Å². The van der Waals surface area contributed by atoms with E-state index in [4.69, 9.17) is 0 Å². The van der Waals surface area contributed by atoms with Crippen molar-refractivity contribution in [3.8, 4) is 0 Å². The van der Waals surface area contributed by atoms with E-state index in [1.165, 1.54) is 0 Å². The number of halogens is 1. The van der Waals surface area contributed by atoms with Crippen LogP contribution in [0.25, 0.3) is 0 Å². The largest absolute Gasteiger partial charge is 0.212 e. The minimum absolute atomic E-state index is 0.00321. The third-order valence-corrected chi connectivity index (χ3v) is 5.28. The number of rotatable bonds is 7. The Hall–Kier alpha value is -0.390. The number of nitrogens with one attached hydrogen (secondary N) is 1. The predicted octanol–water partition coefficient (Wildman–Crippen LogP) is 2.88. The van der Waals surface area contributed by atoms with Crippen molar-refractivity contribution in [3.05, 3.63) is 35.9 Å². The molecule has 0 aromatic heterocycles. The third kappa shape index (κ3) is 5.08. The maximum atomic E-state index is 12.0. The van der Waals surface area contributed by atoms with Crippen LogP contribution in [0.15, 0.2) is 30.3 Å². The Bertz CT molecular complexity index is 443. The summed E-state index contributed by atoms with van der Waals surface area (Å²) in [6.07, 6.45) is 0.782. The molecule has 0 fully saturated rings. The van der Waals surface area contributed by atoms with Crippen molar-refractivity contribution in [2.75, 3.05) is 11.1 Å². The number of alkyl halides is 1. The van der Waals surface area contributed by atoms with Crippen LogP contribution in [0.3, 0.4) is 0 Å². The average Bonchev–Trinajstić information content (AvgIpc) is 2.36. The van der Waals surface area contributed by atoms with Crippen LogP contribution in [-0.2, 0) is 10.0 Å². The number of hydrogen-bond acceptors (Lipinski definition) is 2. The first-order valence-electron chi connectivity index (χ1n) is 6.09. The van der Waals surface area contributed by atoms with Gasteiger partial charge in [-0.25, -0.2) is 13.1 Å². The second-order valence-corrected chi connectivity index (χ2v) is 6.92. The van der Waals surface area contributed by atoms with E-state index in [1.54, 1.807) is 0 Å². The first kappa shape index (κ1) is 15.7. The van der Waals surface area contributed by atoms with Crippen LogP contribution in [0, 0.1) is 0 Å². The van der Waals surface area contributed by atoms with Crippen LogP contribution in [0.1, 0.15) is 31.7 Å². The van der Waals surface area contributed by atoms with Gasteiger partial charge in [-0.3, -0.25) is 0 Å². The Labute approximate surface area is 118 Å². The van der Waals surface area contributed by atoms with Gasteiger partial charge in [0.15, 0.2) is 0 Å². The molecule has 0 amide bonds. The quantitative estimate of drug-likeness (QED) is 0.780. The molecule has 0 saturated heterocycles. The summed E-state index contributed by atoms with van der Waals surface area (Å²) in [4.78, 5) is 0. The van der Waals surface area contributed by atoms with Gasteiger partial charge in [-0.15, -0.1) is 0 Å². The van der Waals surface area contributed by atoms with Gasteiger partial charge in [0.25, 0.3) is 0 Å². The van der Waals surface area contributed by atoms with Gasteiger partial charge in [-0.1, -0.05) is 60.1 Å². The van der Waals surface area contributed by atoms with Gasteiger partial charge in [0, 0.05) is 11.4 Å². The highest BCUT2D eigenvalue weighted by atomic mass is 79.9. The van der Waals surface area contributed by atoms with Crippen LogP contribution < -0.4 is 4.72 Å². The molecule has 2 atom stereocenters. The Morgan fingerprint density at radius 2 is 1.89 bits per heavy atom. The third-order valence-electron chi connectivity index (χ3n) is 2.86. The van der Waals surface area contributed by atoms with E-state index in [0.717, 1.165) is 12.0 Å². The second-order valence-electron chi connectivity index (χ2n) is 4.47. The van der Waals surface area contributed by atoms with Crippen molar-refractivity contribution in [2.45, 2.75) is 32.2 Å². The molecule has 0 bridgehead atoms. The van der Waals surface area contributed by atoms with Crippen molar-refractivity contribution in [2.24, 2.45) is 0 Å². The van der Waals surface area contributed by atoms with Crippen molar-refractivity contribution in [1.29, 1.82) is 0 Å². The lowest BCUT2D eigenvalue weighted by Gasteiger charge is -2.17. The lowest BCUT2D eigenvalue weighted by molar-refractivity contribution is 0.554. The predicted molar refractivity (Wildman–Crippen MR) is 79.7 cm³/mol. The van der Waals surface area contributed by atoms with Crippen molar-refractivity contribution >= 4 is 26.0 Å². The van der Waals surface area contributed by atoms with Crippen LogP contribution in [0.5, 0.6) is 0 Å². The summed E-state index contributed by atoms with van der Waals surface area (Å²) >= 11 is 3.31. The molecule has 1 rings (SSSR count). The molecule has 0 saturated carbocycles. The van der Waals surface area contributed by atoms with Crippen LogP contribution in [-0.4, -0.2) is 25.5 Å². The topological polar surface area (TPSA) is 46.2 Å². The zero-order chi connectivity index (χ0) is 13.6. The van der Waals surface area contributed by atoms with E-state index in [-0.39, 0.29) is 17.7 Å². The fourth-order valence-corrected chi connectivity index (χ4v) is 4.27. The highest BCUT2D eigenvalue weighted by molar-refractivity contribution is 9.09. The summed E-state index contributed by atoms with van der Waals surface area (Å²) in [5, 5.41) is 0.641. The highest BCUT2D eigenvalue weighted by Gasteiger charge is 2.19. The molecule has 1 N–H and O–H groups in total. The summed E-state index contributed by atoms with van der Waals surface area (Å²) < 4.78 is 26.7. The SMILES string of the molecule is CCC(CBr)NS(=O)(=O)CC(C)c1ccccc1. The van der Waals surface area contributed by atoms with Crippen LogP contribution in [0.2, 0.25) is 0 Å². The van der Waals surface area contributed by atoms with Gasteiger partial charge in [0.05, 0.1) is 5.75 Å². The first-order valence-corrected chi connectivity index (χ1v) is 8.86. The molecule has 0 spiro atoms. The molecule has 3 nitrogen and oxygen atoms in total. The van der Waals surface area contributed by atoms with Crippen molar-refractivity contribution in [3.63, 3.8) is 0 Å². The van der Waals surface area contributed by atoms with Gasteiger partial charge in [-0.05, 0) is 17.9 Å². The summed E-state index contributed by atoms with van der Waals surface area (Å²) in [5.41, 5.74) is 1.05. The lowest BCUT2D eigenvalue weighted by atomic mass is 10.0. The fraction of sp³-hybridized carbons (Fsp3) is 0.538. The molecule has 0 aliphatic heterocycles. The molecule has 2 unspecified atom stereocenters. The first-order chi connectivity index (χ1) is 8.48. The van der Waals surface area contributed by atoms with Crippen LogP contribution in [0.4, 0.5) is 0 Å². The molecule has 1 aromatic rings. The molecule has 0 heterocycles. The molecule has 18 heavy (non-hydrogen) atoms. The lowest BCUT2D eigenvalue weighted by Crippen LogP contribution is -2.38. The van der Waals surface area contributed by atoms with E-state index < -0.39 is 10.0 Å². The van der Waals surface area contributed by atoms with Gasteiger partial charge in [-0.2, -0.15) is 0 Å². The minimum atomic E-state index is -3.23. The summed E-state index contributed by atoms with van der Waals surface area (Å²) in [6, 6.07) is 9.68. The van der Waals surface area contributed by atoms with Crippen molar-refractivity contribution < 1.29 is 8.42 Å². The molecule has 0 aliphatic carbocycles. The van der Waals surface area contributed by atoms with Crippen LogP contribution >= 0.6 is 15.9 Å². The van der Waals surface area contributed by atoms with E-state index in [9.17, 15) is 8.42 Å². The Balaban J connectivity index is 2.66. The fourth-order valence-electron chi connectivity index (χ4n) is 1.73. The summed E-state index contributed by atoms with van der Waals surface area (Å²) in [6.45, 7) is 3.90. The van der Waals surface area contributed by atoms with Gasteiger partial charge in [0.2, 0.25) is 10.0 Å². The molecular formula is C13H20BrNO2S. The van der Waals surface area contributed by atoms with Gasteiger partial charge >= 0.3 is 0 Å². The minimum Gasteiger partial charge on any atom is -0.212 e. The average molecular weight is 334 g/mol. The van der Waals surface area contributed by atoms with E-state index in [0.29, 0.717) is 5.33 Å². The molecule has 102 valence electrons. The van der Waals surface area contributed by atoms with E-state index in [1.807, 2.05) is 44.2 Å².